The van der Waals surface area contributed by atoms with Crippen molar-refractivity contribution in [2.45, 2.75) is 11.8 Å². The second-order valence-electron chi connectivity index (χ2n) is 6.09. The maximum atomic E-state index is 12.3. The first kappa shape index (κ1) is 21.2. The first-order chi connectivity index (χ1) is 14.0. The first-order valence-electron chi connectivity index (χ1n) is 8.68. The normalized spacial score (nSPS) is 10.4. The second kappa shape index (κ2) is 9.82. The van der Waals surface area contributed by atoms with Gasteiger partial charge in [0.1, 0.15) is 5.75 Å². The van der Waals surface area contributed by atoms with E-state index in [0.29, 0.717) is 27.0 Å². The molecular formula is C21H19ClN2O3S2. The van der Waals surface area contributed by atoms with Crippen molar-refractivity contribution in [2.75, 3.05) is 23.5 Å². The molecule has 150 valence electrons. The van der Waals surface area contributed by atoms with Crippen molar-refractivity contribution in [2.24, 2.45) is 0 Å². The number of hydrogen-bond donors (Lipinski definition) is 2. The van der Waals surface area contributed by atoms with Crippen LogP contribution in [0.5, 0.6) is 5.75 Å². The van der Waals surface area contributed by atoms with Crippen molar-refractivity contribution in [1.82, 2.24) is 0 Å². The SMILES string of the molecule is COc1cc(Cl)c(C)cc1NC(=O)CSc1ccc(NC(=O)c2cccs2)cc1. The van der Waals surface area contributed by atoms with Gasteiger partial charge in [-0.15, -0.1) is 23.1 Å². The quantitative estimate of drug-likeness (QED) is 0.456. The molecule has 2 aromatic carbocycles. The average Bonchev–Trinajstić information content (AvgIpc) is 3.25. The summed E-state index contributed by atoms with van der Waals surface area (Å²) in [4.78, 5) is 26.0. The fraction of sp³-hybridized carbons (Fsp3) is 0.143. The number of halogens is 1. The summed E-state index contributed by atoms with van der Waals surface area (Å²) in [6, 6.07) is 14.5. The summed E-state index contributed by atoms with van der Waals surface area (Å²) in [5, 5.41) is 8.15. The van der Waals surface area contributed by atoms with Crippen molar-refractivity contribution in [1.29, 1.82) is 0 Å². The number of carbonyl (C=O) groups is 2. The zero-order valence-corrected chi connectivity index (χ0v) is 18.2. The molecular weight excluding hydrogens is 428 g/mol. The van der Waals surface area contributed by atoms with Gasteiger partial charge in [0.05, 0.1) is 23.4 Å². The number of aryl methyl sites for hydroxylation is 1. The number of benzene rings is 2. The largest absolute Gasteiger partial charge is 0.495 e. The van der Waals surface area contributed by atoms with Crippen molar-refractivity contribution < 1.29 is 14.3 Å². The maximum absolute atomic E-state index is 12.3. The number of thiophene rings is 1. The van der Waals surface area contributed by atoms with Crippen LogP contribution in [0.15, 0.2) is 58.8 Å². The monoisotopic (exact) mass is 446 g/mol. The van der Waals surface area contributed by atoms with Crippen molar-refractivity contribution in [3.05, 3.63) is 69.4 Å². The highest BCUT2D eigenvalue weighted by Gasteiger charge is 2.11. The van der Waals surface area contributed by atoms with E-state index in [2.05, 4.69) is 10.6 Å². The molecule has 1 aromatic heterocycles. The number of thioether (sulfide) groups is 1. The van der Waals surface area contributed by atoms with E-state index in [1.807, 2.05) is 42.6 Å². The molecule has 3 rings (SSSR count). The lowest BCUT2D eigenvalue weighted by Crippen LogP contribution is -2.15. The molecule has 0 radical (unpaired) electrons. The minimum Gasteiger partial charge on any atom is -0.495 e. The number of ether oxygens (including phenoxy) is 1. The minimum atomic E-state index is -0.148. The zero-order chi connectivity index (χ0) is 20.8. The van der Waals surface area contributed by atoms with Crippen molar-refractivity contribution in [3.8, 4) is 5.75 Å². The van der Waals surface area contributed by atoms with E-state index in [1.54, 1.807) is 18.2 Å². The smallest absolute Gasteiger partial charge is 0.265 e. The summed E-state index contributed by atoms with van der Waals surface area (Å²) in [6.45, 7) is 1.87. The number of hydrogen-bond acceptors (Lipinski definition) is 5. The number of carbonyl (C=O) groups excluding carboxylic acids is 2. The third-order valence-corrected chi connectivity index (χ3v) is 6.27. The molecule has 0 saturated carbocycles. The summed E-state index contributed by atoms with van der Waals surface area (Å²) >= 11 is 8.89. The Kier molecular flexibility index (Phi) is 7.19. The fourth-order valence-electron chi connectivity index (χ4n) is 2.50. The molecule has 0 saturated heterocycles. The highest BCUT2D eigenvalue weighted by molar-refractivity contribution is 8.00. The molecule has 3 aromatic rings. The third-order valence-electron chi connectivity index (χ3n) is 3.98. The van der Waals surface area contributed by atoms with Crippen LogP contribution >= 0.6 is 34.7 Å². The van der Waals surface area contributed by atoms with Gasteiger partial charge in [-0.25, -0.2) is 0 Å². The average molecular weight is 447 g/mol. The Balaban J connectivity index is 1.54. The van der Waals surface area contributed by atoms with E-state index in [1.165, 1.54) is 30.2 Å². The standard InChI is InChI=1S/C21H19ClN2O3S2/c1-13-10-17(18(27-2)11-16(13)22)24-20(25)12-29-15-7-5-14(6-8-15)23-21(26)19-4-3-9-28-19/h3-11H,12H2,1-2H3,(H,23,26)(H,24,25). The maximum Gasteiger partial charge on any atom is 0.265 e. The van der Waals surface area contributed by atoms with Crippen LogP contribution in [-0.4, -0.2) is 24.7 Å². The Morgan fingerprint density at radius 2 is 1.90 bits per heavy atom. The Morgan fingerprint density at radius 3 is 2.55 bits per heavy atom. The molecule has 1 heterocycles. The van der Waals surface area contributed by atoms with Crippen LogP contribution < -0.4 is 15.4 Å². The van der Waals surface area contributed by atoms with E-state index in [9.17, 15) is 9.59 Å². The second-order valence-corrected chi connectivity index (χ2v) is 8.50. The molecule has 2 amide bonds. The van der Waals surface area contributed by atoms with Gasteiger partial charge in [0.25, 0.3) is 5.91 Å². The van der Waals surface area contributed by atoms with Crippen LogP contribution in [0.3, 0.4) is 0 Å². The Bertz CT molecular complexity index is 1010. The van der Waals surface area contributed by atoms with Gasteiger partial charge in [-0.3, -0.25) is 9.59 Å². The van der Waals surface area contributed by atoms with E-state index in [-0.39, 0.29) is 17.6 Å². The Hall–Kier alpha value is -2.48. The Labute approximate surface area is 182 Å². The number of amides is 2. The number of nitrogens with one attached hydrogen (secondary N) is 2. The summed E-state index contributed by atoms with van der Waals surface area (Å²) < 4.78 is 5.28. The van der Waals surface area contributed by atoms with Gasteiger partial charge in [0.15, 0.2) is 0 Å². The van der Waals surface area contributed by atoms with Gasteiger partial charge >= 0.3 is 0 Å². The predicted molar refractivity (Wildman–Crippen MR) is 121 cm³/mol. The van der Waals surface area contributed by atoms with E-state index >= 15 is 0 Å². The van der Waals surface area contributed by atoms with Gasteiger partial charge in [0, 0.05) is 21.7 Å². The van der Waals surface area contributed by atoms with Crippen LogP contribution in [0.1, 0.15) is 15.2 Å². The summed E-state index contributed by atoms with van der Waals surface area (Å²) in [7, 11) is 1.53. The molecule has 0 aliphatic rings. The van der Waals surface area contributed by atoms with Crippen LogP contribution in [-0.2, 0) is 4.79 Å². The number of anilines is 2. The first-order valence-corrected chi connectivity index (χ1v) is 10.9. The highest BCUT2D eigenvalue weighted by Crippen LogP contribution is 2.31. The van der Waals surface area contributed by atoms with Crippen LogP contribution in [0.2, 0.25) is 5.02 Å². The van der Waals surface area contributed by atoms with Crippen LogP contribution in [0.25, 0.3) is 0 Å². The molecule has 0 atom stereocenters. The molecule has 8 heteroatoms. The lowest BCUT2D eigenvalue weighted by Gasteiger charge is -2.12. The van der Waals surface area contributed by atoms with Crippen LogP contribution in [0, 0.1) is 6.92 Å². The highest BCUT2D eigenvalue weighted by atomic mass is 35.5. The number of rotatable bonds is 7. The minimum absolute atomic E-state index is 0.132. The number of methoxy groups -OCH3 is 1. The van der Waals surface area contributed by atoms with Gasteiger partial charge in [-0.1, -0.05) is 17.7 Å². The molecule has 0 spiro atoms. The summed E-state index contributed by atoms with van der Waals surface area (Å²) in [5.74, 6) is 0.480. The molecule has 0 aliphatic heterocycles. The molecule has 0 aliphatic carbocycles. The lowest BCUT2D eigenvalue weighted by atomic mass is 10.2. The lowest BCUT2D eigenvalue weighted by molar-refractivity contribution is -0.113. The molecule has 5 nitrogen and oxygen atoms in total. The van der Waals surface area contributed by atoms with E-state index in [4.69, 9.17) is 16.3 Å². The summed E-state index contributed by atoms with van der Waals surface area (Å²) in [5.41, 5.74) is 2.15. The topological polar surface area (TPSA) is 67.4 Å². The summed E-state index contributed by atoms with van der Waals surface area (Å²) in [6.07, 6.45) is 0. The zero-order valence-electron chi connectivity index (χ0n) is 15.8. The van der Waals surface area contributed by atoms with Gasteiger partial charge in [-0.2, -0.15) is 0 Å². The van der Waals surface area contributed by atoms with Crippen LogP contribution in [0.4, 0.5) is 11.4 Å². The van der Waals surface area contributed by atoms with Gasteiger partial charge < -0.3 is 15.4 Å². The van der Waals surface area contributed by atoms with Crippen molar-refractivity contribution in [3.63, 3.8) is 0 Å². The molecule has 0 fully saturated rings. The Morgan fingerprint density at radius 1 is 1.14 bits per heavy atom. The van der Waals surface area contributed by atoms with Gasteiger partial charge in [0.2, 0.25) is 5.91 Å². The van der Waals surface area contributed by atoms with E-state index in [0.717, 1.165) is 10.5 Å². The molecule has 2 N–H and O–H groups in total. The molecule has 0 unspecified atom stereocenters. The van der Waals surface area contributed by atoms with Gasteiger partial charge in [-0.05, 0) is 54.3 Å². The fourth-order valence-corrected chi connectivity index (χ4v) is 3.97. The predicted octanol–water partition coefficient (Wildman–Crippen LogP) is 5.70. The van der Waals surface area contributed by atoms with Crippen molar-refractivity contribution >= 4 is 57.9 Å². The third kappa shape index (κ3) is 5.76. The molecule has 29 heavy (non-hydrogen) atoms. The molecule has 0 bridgehead atoms. The van der Waals surface area contributed by atoms with E-state index < -0.39 is 0 Å².